The van der Waals surface area contributed by atoms with Gasteiger partial charge >= 0.3 is 0 Å². The number of methoxy groups -OCH3 is 1. The number of nitrogens with zero attached hydrogens (tertiary/aromatic N) is 3. The Kier molecular flexibility index (Phi) is 6.79. The van der Waals surface area contributed by atoms with Crippen molar-refractivity contribution >= 4 is 28.6 Å². The highest BCUT2D eigenvalue weighted by Gasteiger charge is 2.20. The van der Waals surface area contributed by atoms with E-state index in [1.807, 2.05) is 73.7 Å². The molecule has 168 valence electrons. The second kappa shape index (κ2) is 9.92. The SMILES string of the molecule is COc1cccc(-n2c(SCC(=O)N(C)C(C)c3ccccc3)nc3ccccc3c2=O)c1. The number of benzene rings is 3. The predicted molar refractivity (Wildman–Crippen MR) is 132 cm³/mol. The number of amides is 1. The number of hydrogen-bond donors (Lipinski definition) is 0. The van der Waals surface area contributed by atoms with Crippen molar-refractivity contribution in [1.82, 2.24) is 14.5 Å². The third kappa shape index (κ3) is 4.78. The Labute approximate surface area is 196 Å². The van der Waals surface area contributed by atoms with Crippen LogP contribution in [0.15, 0.2) is 88.8 Å². The lowest BCUT2D eigenvalue weighted by Gasteiger charge is -2.25. The largest absolute Gasteiger partial charge is 0.497 e. The van der Waals surface area contributed by atoms with Crippen LogP contribution in [0.4, 0.5) is 0 Å². The molecule has 33 heavy (non-hydrogen) atoms. The number of rotatable bonds is 7. The zero-order valence-corrected chi connectivity index (χ0v) is 19.6. The molecule has 0 aliphatic rings. The first-order chi connectivity index (χ1) is 16.0. The maximum absolute atomic E-state index is 13.4. The Balaban J connectivity index is 1.67. The summed E-state index contributed by atoms with van der Waals surface area (Å²) in [6.07, 6.45) is 0. The normalized spacial score (nSPS) is 11.8. The van der Waals surface area contributed by atoms with Gasteiger partial charge in [-0.2, -0.15) is 0 Å². The molecule has 4 rings (SSSR count). The minimum absolute atomic E-state index is 0.0454. The average molecular weight is 460 g/mol. The van der Waals surface area contributed by atoms with Gasteiger partial charge in [-0.15, -0.1) is 0 Å². The second-order valence-corrected chi connectivity index (χ2v) is 8.58. The molecule has 0 spiro atoms. The van der Waals surface area contributed by atoms with Gasteiger partial charge in [0.2, 0.25) is 5.91 Å². The molecular formula is C26H25N3O3S. The van der Waals surface area contributed by atoms with Crippen LogP contribution in [0.1, 0.15) is 18.5 Å². The number of hydrogen-bond acceptors (Lipinski definition) is 5. The molecule has 3 aromatic carbocycles. The molecular weight excluding hydrogens is 434 g/mol. The van der Waals surface area contributed by atoms with Crippen molar-refractivity contribution in [2.45, 2.75) is 18.1 Å². The lowest BCUT2D eigenvalue weighted by atomic mass is 10.1. The predicted octanol–water partition coefficient (Wildman–Crippen LogP) is 4.71. The fraction of sp³-hybridized carbons (Fsp3) is 0.192. The van der Waals surface area contributed by atoms with E-state index in [9.17, 15) is 9.59 Å². The minimum Gasteiger partial charge on any atom is -0.497 e. The summed E-state index contributed by atoms with van der Waals surface area (Å²) in [7, 11) is 3.38. The van der Waals surface area contributed by atoms with Crippen molar-refractivity contribution in [2.75, 3.05) is 19.9 Å². The molecule has 0 fully saturated rings. The summed E-state index contributed by atoms with van der Waals surface area (Å²) < 4.78 is 6.88. The van der Waals surface area contributed by atoms with Gasteiger partial charge in [-0.1, -0.05) is 60.3 Å². The van der Waals surface area contributed by atoms with Crippen LogP contribution in [0.2, 0.25) is 0 Å². The van der Waals surface area contributed by atoms with Crippen LogP contribution >= 0.6 is 11.8 Å². The van der Waals surface area contributed by atoms with Crippen LogP contribution in [0.3, 0.4) is 0 Å². The zero-order chi connectivity index (χ0) is 23.4. The van der Waals surface area contributed by atoms with Crippen molar-refractivity contribution in [2.24, 2.45) is 0 Å². The van der Waals surface area contributed by atoms with E-state index in [1.165, 1.54) is 11.8 Å². The zero-order valence-electron chi connectivity index (χ0n) is 18.8. The molecule has 6 nitrogen and oxygen atoms in total. The maximum Gasteiger partial charge on any atom is 0.266 e. The van der Waals surface area contributed by atoms with Crippen molar-refractivity contribution < 1.29 is 9.53 Å². The summed E-state index contributed by atoms with van der Waals surface area (Å²) >= 11 is 1.25. The molecule has 1 amide bonds. The van der Waals surface area contributed by atoms with Crippen LogP contribution in [0, 0.1) is 0 Å². The van der Waals surface area contributed by atoms with Crippen LogP contribution in [0.5, 0.6) is 5.75 Å². The van der Waals surface area contributed by atoms with E-state index in [0.29, 0.717) is 27.5 Å². The van der Waals surface area contributed by atoms with Crippen LogP contribution in [-0.4, -0.2) is 40.3 Å². The monoisotopic (exact) mass is 459 g/mol. The molecule has 1 aromatic heterocycles. The Bertz CT molecular complexity index is 1340. The molecule has 0 saturated carbocycles. The quantitative estimate of drug-likeness (QED) is 0.296. The molecule has 0 radical (unpaired) electrons. The summed E-state index contributed by atoms with van der Waals surface area (Å²) in [5.74, 6) is 0.745. The fourth-order valence-corrected chi connectivity index (χ4v) is 4.52. The number of carbonyl (C=O) groups is 1. The van der Waals surface area contributed by atoms with E-state index in [1.54, 1.807) is 35.8 Å². The first-order valence-electron chi connectivity index (χ1n) is 10.6. The lowest BCUT2D eigenvalue weighted by molar-refractivity contribution is -0.128. The molecule has 0 N–H and O–H groups in total. The van der Waals surface area contributed by atoms with Gasteiger partial charge in [0.05, 0.1) is 35.5 Å². The number of thioether (sulfide) groups is 1. The molecule has 1 atom stereocenters. The van der Waals surface area contributed by atoms with Gasteiger partial charge < -0.3 is 9.64 Å². The van der Waals surface area contributed by atoms with Gasteiger partial charge in [-0.05, 0) is 36.8 Å². The van der Waals surface area contributed by atoms with Gasteiger partial charge in [-0.25, -0.2) is 4.98 Å². The fourth-order valence-electron chi connectivity index (χ4n) is 3.59. The number of aromatic nitrogens is 2. The Morgan fingerprint density at radius 2 is 1.79 bits per heavy atom. The molecule has 1 unspecified atom stereocenters. The standard InChI is InChI=1S/C26H25N3O3S/c1-18(19-10-5-4-6-11-19)28(2)24(30)17-33-26-27-23-15-8-7-14-22(23)25(31)29(26)20-12-9-13-21(16-20)32-3/h4-16,18H,17H2,1-3H3. The van der Waals surface area contributed by atoms with Crippen LogP contribution in [-0.2, 0) is 4.79 Å². The minimum atomic E-state index is -0.185. The topological polar surface area (TPSA) is 64.4 Å². The van der Waals surface area contributed by atoms with Gasteiger partial charge in [0, 0.05) is 13.1 Å². The Morgan fingerprint density at radius 3 is 2.55 bits per heavy atom. The van der Waals surface area contributed by atoms with Crippen molar-refractivity contribution in [3.63, 3.8) is 0 Å². The van der Waals surface area contributed by atoms with Gasteiger partial charge in [-0.3, -0.25) is 14.2 Å². The first kappa shape index (κ1) is 22.6. The highest BCUT2D eigenvalue weighted by Crippen LogP contribution is 2.25. The number of ether oxygens (including phenoxy) is 1. The first-order valence-corrected chi connectivity index (χ1v) is 11.6. The smallest absolute Gasteiger partial charge is 0.266 e. The van der Waals surface area contributed by atoms with Gasteiger partial charge in [0.25, 0.3) is 5.56 Å². The molecule has 0 aliphatic heterocycles. The summed E-state index contributed by atoms with van der Waals surface area (Å²) in [5, 5.41) is 0.979. The van der Waals surface area contributed by atoms with Gasteiger partial charge in [0.1, 0.15) is 5.75 Å². The molecule has 0 saturated heterocycles. The van der Waals surface area contributed by atoms with Crippen molar-refractivity contribution in [1.29, 1.82) is 0 Å². The highest BCUT2D eigenvalue weighted by molar-refractivity contribution is 7.99. The second-order valence-electron chi connectivity index (χ2n) is 7.63. The molecule has 0 aliphatic carbocycles. The highest BCUT2D eigenvalue weighted by atomic mass is 32.2. The third-order valence-corrected chi connectivity index (χ3v) is 6.56. The van der Waals surface area contributed by atoms with Crippen LogP contribution in [0.25, 0.3) is 16.6 Å². The van der Waals surface area contributed by atoms with Crippen molar-refractivity contribution in [3.8, 4) is 11.4 Å². The lowest BCUT2D eigenvalue weighted by Crippen LogP contribution is -2.31. The molecule has 7 heteroatoms. The van der Waals surface area contributed by atoms with E-state index in [-0.39, 0.29) is 23.3 Å². The number of carbonyl (C=O) groups excluding carboxylic acids is 1. The summed E-state index contributed by atoms with van der Waals surface area (Å²) in [6.45, 7) is 2.00. The average Bonchev–Trinajstić information content (AvgIpc) is 2.87. The van der Waals surface area contributed by atoms with E-state index >= 15 is 0 Å². The summed E-state index contributed by atoms with van der Waals surface area (Å²) in [6, 6.07) is 24.3. The molecule has 4 aromatic rings. The van der Waals surface area contributed by atoms with E-state index < -0.39 is 0 Å². The summed E-state index contributed by atoms with van der Waals surface area (Å²) in [4.78, 5) is 32.8. The summed E-state index contributed by atoms with van der Waals surface area (Å²) in [5.41, 5.74) is 2.12. The van der Waals surface area contributed by atoms with E-state index in [4.69, 9.17) is 9.72 Å². The third-order valence-electron chi connectivity index (χ3n) is 5.64. The number of fused-ring (bicyclic) bond motifs is 1. The Morgan fingerprint density at radius 1 is 1.06 bits per heavy atom. The molecule has 0 bridgehead atoms. The number of para-hydroxylation sites is 1. The molecule has 1 heterocycles. The van der Waals surface area contributed by atoms with Crippen LogP contribution < -0.4 is 10.3 Å². The van der Waals surface area contributed by atoms with E-state index in [0.717, 1.165) is 5.56 Å². The van der Waals surface area contributed by atoms with E-state index in [2.05, 4.69) is 0 Å². The van der Waals surface area contributed by atoms with Crippen molar-refractivity contribution in [3.05, 3.63) is 94.8 Å². The maximum atomic E-state index is 13.4. The Hall–Kier alpha value is -3.58. The van der Waals surface area contributed by atoms with Gasteiger partial charge in [0.15, 0.2) is 5.16 Å².